The van der Waals surface area contributed by atoms with Gasteiger partial charge in [-0.1, -0.05) is 31.5 Å². The zero-order chi connectivity index (χ0) is 18.9. The van der Waals surface area contributed by atoms with Gasteiger partial charge in [-0.15, -0.1) is 0 Å². The molecule has 0 atom stereocenters. The second kappa shape index (κ2) is 9.69. The third-order valence-electron chi connectivity index (χ3n) is 4.23. The van der Waals surface area contributed by atoms with E-state index in [9.17, 15) is 4.79 Å². The van der Waals surface area contributed by atoms with Gasteiger partial charge in [0.25, 0.3) is 0 Å². The van der Waals surface area contributed by atoms with Gasteiger partial charge in [-0.3, -0.25) is 4.79 Å². The molecule has 27 heavy (non-hydrogen) atoms. The van der Waals surface area contributed by atoms with Gasteiger partial charge in [-0.2, -0.15) is 5.10 Å². The minimum Gasteiger partial charge on any atom is -0.491 e. The van der Waals surface area contributed by atoms with Gasteiger partial charge < -0.3 is 9.47 Å². The molecule has 5 heteroatoms. The molecule has 0 aliphatic heterocycles. The molecule has 140 valence electrons. The highest BCUT2D eigenvalue weighted by Crippen LogP contribution is 2.25. The molecule has 0 saturated carbocycles. The molecule has 0 N–H and O–H groups in total. The molecule has 0 fully saturated rings. The average molecular weight is 364 g/mol. The monoisotopic (exact) mass is 364 g/mol. The van der Waals surface area contributed by atoms with E-state index < -0.39 is 0 Å². The molecule has 0 amide bonds. The van der Waals surface area contributed by atoms with E-state index in [-0.39, 0.29) is 0 Å². The number of carbonyl (C=O) groups excluding carboxylic acids is 1. The summed E-state index contributed by atoms with van der Waals surface area (Å²) >= 11 is 0. The van der Waals surface area contributed by atoms with E-state index in [0.29, 0.717) is 18.8 Å². The van der Waals surface area contributed by atoms with E-state index in [1.165, 1.54) is 0 Å². The van der Waals surface area contributed by atoms with Crippen LogP contribution in [0.25, 0.3) is 16.8 Å². The number of hydrogen-bond acceptors (Lipinski definition) is 4. The molecular weight excluding hydrogens is 340 g/mol. The fourth-order valence-corrected chi connectivity index (χ4v) is 2.76. The normalized spacial score (nSPS) is 10.7. The number of carbonyl (C=O) groups is 1. The van der Waals surface area contributed by atoms with Crippen molar-refractivity contribution in [3.05, 3.63) is 66.5 Å². The van der Waals surface area contributed by atoms with Crippen molar-refractivity contribution in [1.29, 1.82) is 0 Å². The topological polar surface area (TPSA) is 53.4 Å². The Labute approximate surface area is 159 Å². The lowest BCUT2D eigenvalue weighted by Crippen LogP contribution is -2.07. The molecule has 0 unspecified atom stereocenters. The van der Waals surface area contributed by atoms with Crippen molar-refractivity contribution in [2.45, 2.75) is 19.8 Å². The van der Waals surface area contributed by atoms with E-state index in [2.05, 4.69) is 12.0 Å². The van der Waals surface area contributed by atoms with E-state index in [1.54, 1.807) is 10.9 Å². The van der Waals surface area contributed by atoms with E-state index in [1.807, 2.05) is 54.7 Å². The van der Waals surface area contributed by atoms with Gasteiger partial charge in [0.2, 0.25) is 0 Å². The molecule has 1 heterocycles. The van der Waals surface area contributed by atoms with Crippen molar-refractivity contribution in [2.24, 2.45) is 0 Å². The Morgan fingerprint density at radius 1 is 1.04 bits per heavy atom. The first-order valence-electron chi connectivity index (χ1n) is 9.22. The lowest BCUT2D eigenvalue weighted by atomic mass is 10.0. The maximum absolute atomic E-state index is 11.5. The van der Waals surface area contributed by atoms with Gasteiger partial charge in [0.1, 0.15) is 12.4 Å². The molecule has 0 bridgehead atoms. The van der Waals surface area contributed by atoms with Crippen molar-refractivity contribution < 1.29 is 14.3 Å². The summed E-state index contributed by atoms with van der Waals surface area (Å²) in [4.78, 5) is 11.5. The minimum atomic E-state index is 0.539. The van der Waals surface area contributed by atoms with Crippen molar-refractivity contribution in [3.8, 4) is 22.6 Å². The average Bonchev–Trinajstić information content (AvgIpc) is 3.25. The molecule has 2 aromatic carbocycles. The third-order valence-corrected chi connectivity index (χ3v) is 4.23. The Morgan fingerprint density at radius 2 is 1.85 bits per heavy atom. The van der Waals surface area contributed by atoms with Gasteiger partial charge in [0, 0.05) is 24.6 Å². The van der Waals surface area contributed by atoms with Gasteiger partial charge in [0.15, 0.2) is 6.29 Å². The van der Waals surface area contributed by atoms with Crippen LogP contribution in [0, 0.1) is 0 Å². The van der Waals surface area contributed by atoms with E-state index in [0.717, 1.165) is 48.3 Å². The number of aldehydes is 1. The molecule has 1 aromatic heterocycles. The summed E-state index contributed by atoms with van der Waals surface area (Å²) in [5.74, 6) is 0.807. The quantitative estimate of drug-likeness (QED) is 0.391. The van der Waals surface area contributed by atoms with Crippen LogP contribution in [0.2, 0.25) is 0 Å². The zero-order valence-electron chi connectivity index (χ0n) is 15.5. The number of benzene rings is 2. The van der Waals surface area contributed by atoms with Crippen molar-refractivity contribution in [2.75, 3.05) is 19.8 Å². The van der Waals surface area contributed by atoms with Crippen molar-refractivity contribution in [1.82, 2.24) is 9.78 Å². The Bertz CT molecular complexity index is 843. The predicted molar refractivity (Wildman–Crippen MR) is 106 cm³/mol. The summed E-state index contributed by atoms with van der Waals surface area (Å²) in [6, 6.07) is 15.4. The molecule has 0 saturated heterocycles. The van der Waals surface area contributed by atoms with Crippen LogP contribution in [0.15, 0.2) is 60.9 Å². The summed E-state index contributed by atoms with van der Waals surface area (Å²) in [7, 11) is 0. The number of nitrogens with zero attached hydrogens (tertiary/aromatic N) is 2. The van der Waals surface area contributed by atoms with Crippen LogP contribution < -0.4 is 4.74 Å². The van der Waals surface area contributed by atoms with Crippen LogP contribution in [0.3, 0.4) is 0 Å². The highest BCUT2D eigenvalue weighted by Gasteiger charge is 2.07. The van der Waals surface area contributed by atoms with Gasteiger partial charge in [0.05, 0.1) is 12.3 Å². The first-order chi connectivity index (χ1) is 13.3. The van der Waals surface area contributed by atoms with Gasteiger partial charge >= 0.3 is 0 Å². The fourth-order valence-electron chi connectivity index (χ4n) is 2.76. The van der Waals surface area contributed by atoms with Crippen LogP contribution in [0.5, 0.6) is 5.75 Å². The highest BCUT2D eigenvalue weighted by molar-refractivity contribution is 5.84. The number of unbranched alkanes of at least 4 members (excludes halogenated alkanes) is 1. The maximum Gasteiger partial charge on any atom is 0.152 e. The molecule has 0 radical (unpaired) electrons. The van der Waals surface area contributed by atoms with Gasteiger partial charge in [-0.25, -0.2) is 4.68 Å². The SMILES string of the molecule is CCCCOCCOc1ccc(-c2ccc(-n3cccn3)c(C=O)c2)cc1. The maximum atomic E-state index is 11.5. The van der Waals surface area contributed by atoms with E-state index in [4.69, 9.17) is 9.47 Å². The van der Waals surface area contributed by atoms with Crippen LogP contribution in [-0.2, 0) is 4.74 Å². The van der Waals surface area contributed by atoms with Crippen LogP contribution in [-0.4, -0.2) is 35.9 Å². The van der Waals surface area contributed by atoms with Crippen molar-refractivity contribution in [3.63, 3.8) is 0 Å². The number of ether oxygens (including phenoxy) is 2. The molecular formula is C22H24N2O3. The summed E-state index contributed by atoms with van der Waals surface area (Å²) in [6.45, 7) is 4.06. The second-order valence-electron chi connectivity index (χ2n) is 6.18. The summed E-state index contributed by atoms with van der Waals surface area (Å²) in [5, 5.41) is 4.19. The summed E-state index contributed by atoms with van der Waals surface area (Å²) < 4.78 is 12.9. The molecule has 0 aliphatic carbocycles. The lowest BCUT2D eigenvalue weighted by molar-refractivity contribution is 0.0981. The third kappa shape index (κ3) is 5.05. The highest BCUT2D eigenvalue weighted by atomic mass is 16.5. The summed E-state index contributed by atoms with van der Waals surface area (Å²) in [5.41, 5.74) is 3.36. The largest absolute Gasteiger partial charge is 0.491 e. The molecule has 0 aliphatic rings. The molecule has 3 aromatic rings. The van der Waals surface area contributed by atoms with Crippen LogP contribution in [0.4, 0.5) is 0 Å². The van der Waals surface area contributed by atoms with E-state index >= 15 is 0 Å². The standard InChI is InChI=1S/C22H24N2O3/c1-2-3-13-26-14-15-27-21-8-5-18(6-9-21)19-7-10-22(20(16-19)17-25)24-12-4-11-23-24/h4-12,16-17H,2-3,13-15H2,1H3. The first-order valence-corrected chi connectivity index (χ1v) is 9.22. The lowest BCUT2D eigenvalue weighted by Gasteiger charge is -2.10. The Balaban J connectivity index is 1.64. The smallest absolute Gasteiger partial charge is 0.152 e. The number of hydrogen-bond donors (Lipinski definition) is 0. The first kappa shape index (κ1) is 18.9. The number of aromatic nitrogens is 2. The van der Waals surface area contributed by atoms with Crippen LogP contribution in [0.1, 0.15) is 30.1 Å². The Hall–Kier alpha value is -2.92. The minimum absolute atomic E-state index is 0.539. The fraction of sp³-hybridized carbons (Fsp3) is 0.273. The van der Waals surface area contributed by atoms with Crippen molar-refractivity contribution >= 4 is 6.29 Å². The molecule has 0 spiro atoms. The molecule has 5 nitrogen and oxygen atoms in total. The van der Waals surface area contributed by atoms with Crippen LogP contribution >= 0.6 is 0 Å². The zero-order valence-corrected chi connectivity index (χ0v) is 15.5. The second-order valence-corrected chi connectivity index (χ2v) is 6.18. The number of rotatable bonds is 10. The molecule has 3 rings (SSSR count). The Morgan fingerprint density at radius 3 is 2.56 bits per heavy atom. The van der Waals surface area contributed by atoms with Gasteiger partial charge in [-0.05, 0) is 47.9 Å². The Kier molecular flexibility index (Phi) is 6.77. The summed E-state index contributed by atoms with van der Waals surface area (Å²) in [6.07, 6.45) is 6.58. The predicted octanol–water partition coefficient (Wildman–Crippen LogP) is 4.55.